The molecule has 0 saturated heterocycles. The maximum Gasteiger partial charge on any atom is 0.422 e. The zero-order chi connectivity index (χ0) is 28.5. The van der Waals surface area contributed by atoms with E-state index in [1.165, 1.54) is 22.7 Å². The van der Waals surface area contributed by atoms with Gasteiger partial charge in [-0.05, 0) is 102 Å². The second-order valence-electron chi connectivity index (χ2n) is 11.4. The largest absolute Gasteiger partial charge is 0.443 e. The first-order valence-corrected chi connectivity index (χ1v) is 13.9. The van der Waals surface area contributed by atoms with Crippen LogP contribution >= 0.6 is 22.7 Å². The number of hydrogen-bond donors (Lipinski definition) is 0. The first-order chi connectivity index (χ1) is 17.4. The molecule has 0 N–H and O–H groups in total. The number of rotatable bonds is 2. The van der Waals surface area contributed by atoms with E-state index < -0.39 is 35.2 Å². The lowest BCUT2D eigenvalue weighted by Gasteiger charge is -2.27. The number of carbonyl (C=O) groups is 4. The average molecular weight is 557 g/mol. The summed E-state index contributed by atoms with van der Waals surface area (Å²) in [7, 11) is 0. The molecule has 4 rings (SSSR count). The van der Waals surface area contributed by atoms with Crippen molar-refractivity contribution in [1.82, 2.24) is 9.80 Å². The number of thiophene rings is 2. The van der Waals surface area contributed by atoms with E-state index in [1.54, 1.807) is 41.5 Å². The molecule has 2 aromatic rings. The number of aryl methyl sites for hydroxylation is 2. The van der Waals surface area contributed by atoms with Crippen molar-refractivity contribution in [3.63, 3.8) is 0 Å². The van der Waals surface area contributed by atoms with Crippen LogP contribution in [-0.2, 0) is 19.1 Å². The molecule has 0 radical (unpaired) electrons. The fourth-order valence-corrected chi connectivity index (χ4v) is 6.40. The standard InChI is InChI=1S/C28H32N2O6S2/c1-13-11-37-21(15(13)3)19-17-18(24(32)29(19)25(33)35-27(5,6)7)20(22-16(4)14(2)12-38-22)30(23(17)31)26(34)36-28(8,9)10/h11-12H,1-10H3. The molecule has 0 spiro atoms. The minimum atomic E-state index is -0.882. The van der Waals surface area contributed by atoms with Crippen molar-refractivity contribution in [3.8, 4) is 0 Å². The summed E-state index contributed by atoms with van der Waals surface area (Å²) < 4.78 is 11.2. The van der Waals surface area contributed by atoms with E-state index in [1.807, 2.05) is 38.5 Å². The third kappa shape index (κ3) is 4.60. The number of nitrogens with zero attached hydrogens (tertiary/aromatic N) is 2. The van der Waals surface area contributed by atoms with E-state index in [9.17, 15) is 19.2 Å². The number of hydrogen-bond acceptors (Lipinski definition) is 8. The summed E-state index contributed by atoms with van der Waals surface area (Å²) >= 11 is 2.65. The van der Waals surface area contributed by atoms with Gasteiger partial charge >= 0.3 is 12.2 Å². The van der Waals surface area contributed by atoms with Crippen molar-refractivity contribution in [3.05, 3.63) is 53.9 Å². The summed E-state index contributed by atoms with van der Waals surface area (Å²) in [5.41, 5.74) is 2.06. The Morgan fingerprint density at radius 3 is 1.21 bits per heavy atom. The van der Waals surface area contributed by atoms with E-state index >= 15 is 0 Å². The molecule has 0 fully saturated rings. The molecule has 2 aromatic heterocycles. The van der Waals surface area contributed by atoms with Crippen molar-refractivity contribution in [1.29, 1.82) is 0 Å². The number of amides is 4. The summed E-state index contributed by atoms with van der Waals surface area (Å²) in [5.74, 6) is -1.43. The van der Waals surface area contributed by atoms with Gasteiger partial charge in [0.1, 0.15) is 11.2 Å². The van der Waals surface area contributed by atoms with Crippen molar-refractivity contribution in [2.24, 2.45) is 0 Å². The predicted molar refractivity (Wildman–Crippen MR) is 148 cm³/mol. The van der Waals surface area contributed by atoms with Gasteiger partial charge in [0.25, 0.3) is 11.8 Å². The van der Waals surface area contributed by atoms with Gasteiger partial charge in [-0.15, -0.1) is 22.7 Å². The van der Waals surface area contributed by atoms with Crippen molar-refractivity contribution < 1.29 is 28.7 Å². The van der Waals surface area contributed by atoms with E-state index in [0.717, 1.165) is 32.1 Å². The summed E-state index contributed by atoms with van der Waals surface area (Å²) in [5, 5.41) is 3.80. The van der Waals surface area contributed by atoms with Gasteiger partial charge in [-0.3, -0.25) is 9.59 Å². The Balaban J connectivity index is 2.06. The highest BCUT2D eigenvalue weighted by molar-refractivity contribution is 7.12. The van der Waals surface area contributed by atoms with Gasteiger partial charge in [-0.2, -0.15) is 0 Å². The molecule has 4 amide bonds. The molecule has 38 heavy (non-hydrogen) atoms. The topological polar surface area (TPSA) is 93.2 Å². The minimum absolute atomic E-state index is 0.00267. The number of ether oxygens (including phenoxy) is 2. The van der Waals surface area contributed by atoms with Gasteiger partial charge in [-0.1, -0.05) is 0 Å². The van der Waals surface area contributed by atoms with E-state index in [4.69, 9.17) is 9.47 Å². The van der Waals surface area contributed by atoms with Crippen LogP contribution < -0.4 is 0 Å². The van der Waals surface area contributed by atoms with Crippen molar-refractivity contribution in [2.45, 2.75) is 80.4 Å². The molecule has 0 unspecified atom stereocenters. The highest BCUT2D eigenvalue weighted by Gasteiger charge is 2.55. The summed E-state index contributed by atoms with van der Waals surface area (Å²) in [4.78, 5) is 58.2. The second-order valence-corrected chi connectivity index (χ2v) is 13.2. The van der Waals surface area contributed by atoms with Gasteiger partial charge < -0.3 is 9.47 Å². The van der Waals surface area contributed by atoms with Gasteiger partial charge in [-0.25, -0.2) is 19.4 Å². The zero-order valence-electron chi connectivity index (χ0n) is 23.3. The van der Waals surface area contributed by atoms with Crippen LogP contribution in [0.2, 0.25) is 0 Å². The Bertz CT molecular complexity index is 1350. The Morgan fingerprint density at radius 2 is 0.974 bits per heavy atom. The Labute approximate surface area is 230 Å². The van der Waals surface area contributed by atoms with E-state index in [0.29, 0.717) is 9.75 Å². The van der Waals surface area contributed by atoms with Crippen LogP contribution in [-0.4, -0.2) is 45.0 Å². The lowest BCUT2D eigenvalue weighted by molar-refractivity contribution is -0.123. The summed E-state index contributed by atoms with van der Waals surface area (Å²) in [6.07, 6.45) is -1.76. The first-order valence-electron chi connectivity index (χ1n) is 12.2. The van der Waals surface area contributed by atoms with Crippen LogP contribution in [0.25, 0.3) is 11.4 Å². The van der Waals surface area contributed by atoms with E-state index in [-0.39, 0.29) is 22.5 Å². The van der Waals surface area contributed by atoms with Gasteiger partial charge in [0.2, 0.25) is 0 Å². The first kappa shape index (κ1) is 27.8. The molecule has 0 aliphatic carbocycles. The predicted octanol–water partition coefficient (Wildman–Crippen LogP) is 6.72. The SMILES string of the molecule is Cc1csc(C2=C3C(=O)N(C(=O)OC(C)(C)C)C(c4scc(C)c4C)=C3C(=O)N2C(=O)OC(C)(C)C)c1C. The van der Waals surface area contributed by atoms with Gasteiger partial charge in [0.15, 0.2) is 0 Å². The molecule has 0 aromatic carbocycles. The monoisotopic (exact) mass is 556 g/mol. The molecule has 0 atom stereocenters. The highest BCUT2D eigenvalue weighted by Crippen LogP contribution is 2.50. The van der Waals surface area contributed by atoms with Crippen LogP contribution in [0.5, 0.6) is 0 Å². The van der Waals surface area contributed by atoms with Crippen LogP contribution in [0.1, 0.15) is 73.6 Å². The highest BCUT2D eigenvalue weighted by atomic mass is 32.1. The molecule has 2 aliphatic rings. The van der Waals surface area contributed by atoms with Crippen molar-refractivity contribution in [2.75, 3.05) is 0 Å². The maximum absolute atomic E-state index is 14.1. The number of fused-ring (bicyclic) bond motifs is 1. The second kappa shape index (κ2) is 9.20. The van der Waals surface area contributed by atoms with Crippen LogP contribution in [0, 0.1) is 27.7 Å². The fourth-order valence-electron chi connectivity index (χ4n) is 4.17. The summed E-state index contributed by atoms with van der Waals surface area (Å²) in [6, 6.07) is 0. The molecule has 202 valence electrons. The third-order valence-corrected chi connectivity index (χ3v) is 8.57. The molecule has 8 nitrogen and oxygen atoms in total. The average Bonchev–Trinajstić information content (AvgIpc) is 3.44. The molecular formula is C28H32N2O6S2. The lowest BCUT2D eigenvalue weighted by atomic mass is 10.0. The lowest BCUT2D eigenvalue weighted by Crippen LogP contribution is -2.40. The maximum atomic E-state index is 14.1. The van der Waals surface area contributed by atoms with Crippen LogP contribution in [0.4, 0.5) is 9.59 Å². The molecule has 10 heteroatoms. The Kier molecular flexibility index (Phi) is 6.73. The Hall–Kier alpha value is -3.24. The van der Waals surface area contributed by atoms with E-state index in [2.05, 4.69) is 0 Å². The number of imide groups is 2. The van der Waals surface area contributed by atoms with Crippen LogP contribution in [0.15, 0.2) is 21.9 Å². The van der Waals surface area contributed by atoms with Gasteiger partial charge in [0.05, 0.1) is 32.3 Å². The quantitative estimate of drug-likeness (QED) is 0.408. The number of carbonyl (C=O) groups excluding carboxylic acids is 4. The smallest absolute Gasteiger partial charge is 0.422 e. The summed E-state index contributed by atoms with van der Waals surface area (Å²) in [6.45, 7) is 17.8. The Morgan fingerprint density at radius 1 is 0.658 bits per heavy atom. The third-order valence-electron chi connectivity index (χ3n) is 6.16. The molecule has 0 saturated carbocycles. The van der Waals surface area contributed by atoms with Gasteiger partial charge in [0, 0.05) is 0 Å². The molecule has 0 bridgehead atoms. The normalized spacial score (nSPS) is 16.2. The molecule has 4 heterocycles. The van der Waals surface area contributed by atoms with Crippen LogP contribution in [0.3, 0.4) is 0 Å². The fraction of sp³-hybridized carbons (Fsp3) is 0.429. The minimum Gasteiger partial charge on any atom is -0.443 e. The molecule has 2 aliphatic heterocycles. The zero-order valence-corrected chi connectivity index (χ0v) is 24.9. The van der Waals surface area contributed by atoms with Crippen molar-refractivity contribution >= 4 is 58.1 Å². The molecular weight excluding hydrogens is 524 g/mol.